The van der Waals surface area contributed by atoms with Crippen molar-refractivity contribution in [1.29, 1.82) is 0 Å². The number of rotatable bonds is 11. The van der Waals surface area contributed by atoms with Gasteiger partial charge in [-0.05, 0) is 37.4 Å². The van der Waals surface area contributed by atoms with Crippen LogP contribution in [0.5, 0.6) is 0 Å². The zero-order valence-corrected chi connectivity index (χ0v) is 14.4. The van der Waals surface area contributed by atoms with E-state index in [1.165, 1.54) is 31.4 Å². The van der Waals surface area contributed by atoms with Gasteiger partial charge in [0.1, 0.15) is 0 Å². The molecule has 0 radical (unpaired) electrons. The molecule has 1 heterocycles. The van der Waals surface area contributed by atoms with Gasteiger partial charge in [0.15, 0.2) is 0 Å². The number of nitrogens with zero attached hydrogens (tertiary/aromatic N) is 2. The van der Waals surface area contributed by atoms with E-state index in [2.05, 4.69) is 55.0 Å². The Morgan fingerprint density at radius 1 is 1.14 bits per heavy atom. The first-order valence-corrected chi connectivity index (χ1v) is 8.58. The van der Waals surface area contributed by atoms with Gasteiger partial charge in [-0.25, -0.2) is 0 Å². The highest BCUT2D eigenvalue weighted by atomic mass is 15.1. The van der Waals surface area contributed by atoms with E-state index in [9.17, 15) is 0 Å². The van der Waals surface area contributed by atoms with Crippen LogP contribution in [0.4, 0.5) is 5.69 Å². The van der Waals surface area contributed by atoms with Gasteiger partial charge >= 0.3 is 0 Å². The summed E-state index contributed by atoms with van der Waals surface area (Å²) in [4.78, 5) is 7.00. The summed E-state index contributed by atoms with van der Waals surface area (Å²) < 4.78 is 0. The van der Waals surface area contributed by atoms with E-state index in [-0.39, 0.29) is 0 Å². The third-order valence-electron chi connectivity index (χ3n) is 3.59. The number of hydrogen-bond donors (Lipinski definition) is 1. The third-order valence-corrected chi connectivity index (χ3v) is 3.59. The third kappa shape index (κ3) is 7.47. The van der Waals surface area contributed by atoms with Crippen LogP contribution in [0, 0.1) is 5.92 Å². The molecule has 0 unspecified atom stereocenters. The Morgan fingerprint density at radius 3 is 2.38 bits per heavy atom. The zero-order chi connectivity index (χ0) is 15.5. The molecule has 3 nitrogen and oxygen atoms in total. The number of hydrogen-bond acceptors (Lipinski definition) is 3. The van der Waals surface area contributed by atoms with Crippen LogP contribution < -0.4 is 10.2 Å². The van der Waals surface area contributed by atoms with Crippen molar-refractivity contribution in [3.63, 3.8) is 0 Å². The molecular formula is C18H33N3. The Balaban J connectivity index is 2.64. The molecule has 0 spiro atoms. The lowest BCUT2D eigenvalue weighted by molar-refractivity contribution is 0.548. The van der Waals surface area contributed by atoms with Crippen LogP contribution in [0.3, 0.4) is 0 Å². The number of anilines is 1. The molecule has 0 aliphatic rings. The molecule has 0 saturated heterocycles. The molecule has 0 fully saturated rings. The molecule has 0 amide bonds. The summed E-state index contributed by atoms with van der Waals surface area (Å²) in [6.07, 6.45) is 6.96. The lowest BCUT2D eigenvalue weighted by Gasteiger charge is -2.25. The van der Waals surface area contributed by atoms with E-state index in [1.807, 2.05) is 6.20 Å². The molecule has 0 atom stereocenters. The quantitative estimate of drug-likeness (QED) is 0.661. The van der Waals surface area contributed by atoms with Gasteiger partial charge in [0.25, 0.3) is 0 Å². The summed E-state index contributed by atoms with van der Waals surface area (Å²) in [6.45, 7) is 13.2. The van der Waals surface area contributed by atoms with E-state index in [0.717, 1.165) is 31.9 Å². The standard InChI is InChI=1S/C18H33N3/c1-5-7-11-21(12-8-6-2)18-9-10-20-17(13-18)15-19-14-16(3)4/h9-10,13,16,19H,5-8,11-12,14-15H2,1-4H3. The molecule has 1 N–H and O–H groups in total. The van der Waals surface area contributed by atoms with Crippen LogP contribution in [0.2, 0.25) is 0 Å². The van der Waals surface area contributed by atoms with Crippen molar-refractivity contribution in [2.75, 3.05) is 24.5 Å². The molecule has 0 aromatic carbocycles. The molecule has 0 aliphatic carbocycles. The first-order chi connectivity index (χ1) is 10.2. The average molecular weight is 291 g/mol. The van der Waals surface area contributed by atoms with Gasteiger partial charge in [0.05, 0.1) is 5.69 Å². The maximum Gasteiger partial charge on any atom is 0.0562 e. The van der Waals surface area contributed by atoms with Crippen LogP contribution in [0.15, 0.2) is 18.3 Å². The largest absolute Gasteiger partial charge is 0.371 e. The molecular weight excluding hydrogens is 258 g/mol. The first-order valence-electron chi connectivity index (χ1n) is 8.58. The van der Waals surface area contributed by atoms with Crippen LogP contribution in [-0.4, -0.2) is 24.6 Å². The average Bonchev–Trinajstić information content (AvgIpc) is 2.47. The summed E-state index contributed by atoms with van der Waals surface area (Å²) in [5.74, 6) is 0.679. The smallest absolute Gasteiger partial charge is 0.0562 e. The Labute approximate surface area is 131 Å². The Hall–Kier alpha value is -1.09. The Kier molecular flexibility index (Phi) is 9.07. The van der Waals surface area contributed by atoms with E-state index < -0.39 is 0 Å². The van der Waals surface area contributed by atoms with Crippen molar-refractivity contribution in [2.24, 2.45) is 5.92 Å². The summed E-state index contributed by atoms with van der Waals surface area (Å²) >= 11 is 0. The van der Waals surface area contributed by atoms with Crippen molar-refractivity contribution < 1.29 is 0 Å². The lowest BCUT2D eigenvalue weighted by atomic mass is 10.2. The molecule has 0 aliphatic heterocycles. The van der Waals surface area contributed by atoms with E-state index in [1.54, 1.807) is 0 Å². The SMILES string of the molecule is CCCCN(CCCC)c1ccnc(CNCC(C)C)c1. The van der Waals surface area contributed by atoms with Gasteiger partial charge in [-0.1, -0.05) is 40.5 Å². The maximum atomic E-state index is 4.49. The molecule has 1 rings (SSSR count). The molecule has 0 saturated carbocycles. The van der Waals surface area contributed by atoms with Crippen molar-refractivity contribution in [3.05, 3.63) is 24.0 Å². The Bertz CT molecular complexity index is 368. The van der Waals surface area contributed by atoms with Crippen LogP contribution in [-0.2, 0) is 6.54 Å². The van der Waals surface area contributed by atoms with Gasteiger partial charge in [-0.2, -0.15) is 0 Å². The summed E-state index contributed by atoms with van der Waals surface area (Å²) in [6, 6.07) is 4.40. The highest BCUT2D eigenvalue weighted by Crippen LogP contribution is 2.16. The van der Waals surface area contributed by atoms with E-state index in [4.69, 9.17) is 0 Å². The summed E-state index contributed by atoms with van der Waals surface area (Å²) in [7, 11) is 0. The van der Waals surface area contributed by atoms with Gasteiger partial charge < -0.3 is 10.2 Å². The normalized spacial score (nSPS) is 11.1. The predicted molar refractivity (Wildman–Crippen MR) is 92.8 cm³/mol. The van der Waals surface area contributed by atoms with Gasteiger partial charge in [-0.15, -0.1) is 0 Å². The zero-order valence-electron chi connectivity index (χ0n) is 14.4. The second-order valence-electron chi connectivity index (χ2n) is 6.22. The number of pyridine rings is 1. The van der Waals surface area contributed by atoms with E-state index >= 15 is 0 Å². The van der Waals surface area contributed by atoms with Crippen molar-refractivity contribution in [2.45, 2.75) is 59.9 Å². The summed E-state index contributed by atoms with van der Waals surface area (Å²) in [5.41, 5.74) is 2.47. The van der Waals surface area contributed by atoms with Crippen LogP contribution in [0.25, 0.3) is 0 Å². The molecule has 3 heteroatoms. The van der Waals surface area contributed by atoms with Gasteiger partial charge in [-0.3, -0.25) is 4.98 Å². The van der Waals surface area contributed by atoms with Crippen LogP contribution in [0.1, 0.15) is 59.1 Å². The van der Waals surface area contributed by atoms with Crippen molar-refractivity contribution in [1.82, 2.24) is 10.3 Å². The van der Waals surface area contributed by atoms with Crippen molar-refractivity contribution in [3.8, 4) is 0 Å². The Morgan fingerprint density at radius 2 is 1.81 bits per heavy atom. The number of aromatic nitrogens is 1. The molecule has 120 valence electrons. The number of nitrogens with one attached hydrogen (secondary N) is 1. The van der Waals surface area contributed by atoms with Gasteiger partial charge in [0.2, 0.25) is 0 Å². The molecule has 21 heavy (non-hydrogen) atoms. The van der Waals surface area contributed by atoms with Gasteiger partial charge in [0, 0.05) is 31.5 Å². The predicted octanol–water partition coefficient (Wildman–Crippen LogP) is 4.23. The topological polar surface area (TPSA) is 28.2 Å². The fourth-order valence-electron chi connectivity index (χ4n) is 2.32. The molecule has 1 aromatic rings. The highest BCUT2D eigenvalue weighted by Gasteiger charge is 2.07. The second kappa shape index (κ2) is 10.6. The maximum absolute atomic E-state index is 4.49. The van der Waals surface area contributed by atoms with Crippen molar-refractivity contribution >= 4 is 5.69 Å². The minimum atomic E-state index is 0.679. The second-order valence-corrected chi connectivity index (χ2v) is 6.22. The minimum absolute atomic E-state index is 0.679. The fourth-order valence-corrected chi connectivity index (χ4v) is 2.32. The number of unbranched alkanes of at least 4 members (excludes halogenated alkanes) is 2. The monoisotopic (exact) mass is 291 g/mol. The first kappa shape index (κ1) is 18.0. The molecule has 1 aromatic heterocycles. The molecule has 0 bridgehead atoms. The summed E-state index contributed by atoms with van der Waals surface area (Å²) in [5, 5.41) is 3.47. The van der Waals surface area contributed by atoms with Crippen LogP contribution >= 0.6 is 0 Å². The highest BCUT2D eigenvalue weighted by molar-refractivity contribution is 5.46. The fraction of sp³-hybridized carbons (Fsp3) is 0.722. The van der Waals surface area contributed by atoms with E-state index in [0.29, 0.717) is 5.92 Å². The lowest BCUT2D eigenvalue weighted by Crippen LogP contribution is -2.26. The minimum Gasteiger partial charge on any atom is -0.371 e.